The van der Waals surface area contributed by atoms with Crippen molar-refractivity contribution in [1.29, 1.82) is 0 Å². The molecule has 2 aromatic carbocycles. The SMILES string of the molecule is O=C(Cn1c(-c2ccncc2)nc2ccccc21)Nc1ccc(Cl)cc1. The average molecular weight is 363 g/mol. The first-order valence-corrected chi connectivity index (χ1v) is 8.49. The van der Waals surface area contributed by atoms with Crippen LogP contribution in [-0.2, 0) is 11.3 Å². The largest absolute Gasteiger partial charge is 0.325 e. The van der Waals surface area contributed by atoms with Crippen molar-refractivity contribution in [2.24, 2.45) is 0 Å². The number of hydrogen-bond donors (Lipinski definition) is 1. The van der Waals surface area contributed by atoms with Crippen LogP contribution in [0.1, 0.15) is 0 Å². The molecule has 0 saturated heterocycles. The Hall–Kier alpha value is -3.18. The zero-order valence-corrected chi connectivity index (χ0v) is 14.5. The van der Waals surface area contributed by atoms with Gasteiger partial charge in [-0.05, 0) is 48.5 Å². The van der Waals surface area contributed by atoms with Gasteiger partial charge >= 0.3 is 0 Å². The number of pyridine rings is 1. The van der Waals surface area contributed by atoms with E-state index >= 15 is 0 Å². The molecule has 0 fully saturated rings. The number of nitrogens with zero attached hydrogens (tertiary/aromatic N) is 3. The molecule has 0 aliphatic rings. The number of imidazole rings is 1. The maximum Gasteiger partial charge on any atom is 0.244 e. The van der Waals surface area contributed by atoms with E-state index in [1.807, 2.05) is 41.0 Å². The van der Waals surface area contributed by atoms with Crippen LogP contribution in [0, 0.1) is 0 Å². The van der Waals surface area contributed by atoms with Gasteiger partial charge < -0.3 is 9.88 Å². The summed E-state index contributed by atoms with van der Waals surface area (Å²) in [5.74, 6) is 0.602. The van der Waals surface area contributed by atoms with Gasteiger partial charge in [-0.3, -0.25) is 9.78 Å². The molecule has 0 aliphatic carbocycles. The van der Waals surface area contributed by atoms with Crippen molar-refractivity contribution in [1.82, 2.24) is 14.5 Å². The number of anilines is 1. The summed E-state index contributed by atoms with van der Waals surface area (Å²) in [5.41, 5.74) is 3.37. The molecule has 1 amide bonds. The summed E-state index contributed by atoms with van der Waals surface area (Å²) in [4.78, 5) is 21.3. The molecule has 26 heavy (non-hydrogen) atoms. The lowest BCUT2D eigenvalue weighted by Gasteiger charge is -2.10. The van der Waals surface area contributed by atoms with Crippen LogP contribution < -0.4 is 5.32 Å². The lowest BCUT2D eigenvalue weighted by Crippen LogP contribution is -2.19. The van der Waals surface area contributed by atoms with Crippen LogP contribution in [0.3, 0.4) is 0 Å². The summed E-state index contributed by atoms with van der Waals surface area (Å²) < 4.78 is 1.91. The Morgan fingerprint density at radius 1 is 1.00 bits per heavy atom. The van der Waals surface area contributed by atoms with Crippen LogP contribution in [0.5, 0.6) is 0 Å². The van der Waals surface area contributed by atoms with Crippen molar-refractivity contribution in [3.05, 3.63) is 78.1 Å². The minimum atomic E-state index is -0.134. The van der Waals surface area contributed by atoms with Crippen LogP contribution in [0.15, 0.2) is 73.1 Å². The predicted octanol–water partition coefficient (Wildman–Crippen LogP) is 4.39. The summed E-state index contributed by atoms with van der Waals surface area (Å²) in [6, 6.07) is 18.6. The smallest absolute Gasteiger partial charge is 0.244 e. The van der Waals surface area contributed by atoms with Crippen LogP contribution in [0.2, 0.25) is 5.02 Å². The third-order valence-corrected chi connectivity index (χ3v) is 4.27. The van der Waals surface area contributed by atoms with Gasteiger partial charge in [0.25, 0.3) is 0 Å². The number of nitrogens with one attached hydrogen (secondary N) is 1. The topological polar surface area (TPSA) is 59.8 Å². The second-order valence-electron chi connectivity index (χ2n) is 5.80. The number of aromatic nitrogens is 3. The monoisotopic (exact) mass is 362 g/mol. The fraction of sp³-hybridized carbons (Fsp3) is 0.0500. The van der Waals surface area contributed by atoms with Gasteiger partial charge in [0.2, 0.25) is 5.91 Å². The zero-order valence-electron chi connectivity index (χ0n) is 13.8. The van der Waals surface area contributed by atoms with Crippen LogP contribution in [-0.4, -0.2) is 20.4 Å². The van der Waals surface area contributed by atoms with Gasteiger partial charge in [0.15, 0.2) is 0 Å². The number of rotatable bonds is 4. The number of hydrogen-bond acceptors (Lipinski definition) is 3. The van der Waals surface area contributed by atoms with Crippen molar-refractivity contribution >= 4 is 34.2 Å². The van der Waals surface area contributed by atoms with E-state index in [1.54, 1.807) is 36.7 Å². The van der Waals surface area contributed by atoms with Crippen LogP contribution in [0.4, 0.5) is 5.69 Å². The van der Waals surface area contributed by atoms with Crippen molar-refractivity contribution in [3.8, 4) is 11.4 Å². The zero-order chi connectivity index (χ0) is 17.9. The molecule has 5 nitrogen and oxygen atoms in total. The molecule has 4 rings (SSSR count). The number of amides is 1. The Bertz CT molecular complexity index is 1060. The van der Waals surface area contributed by atoms with Gasteiger partial charge in [0.1, 0.15) is 12.4 Å². The molecular formula is C20H15ClN4O. The Balaban J connectivity index is 1.68. The molecule has 0 spiro atoms. The second kappa shape index (κ2) is 6.98. The number of fused-ring (bicyclic) bond motifs is 1. The number of benzene rings is 2. The van der Waals surface area contributed by atoms with E-state index in [1.165, 1.54) is 0 Å². The standard InChI is InChI=1S/C20H15ClN4O/c21-15-5-7-16(8-6-15)23-19(26)13-25-18-4-2-1-3-17(18)24-20(25)14-9-11-22-12-10-14/h1-12H,13H2,(H,23,26). The van der Waals surface area contributed by atoms with E-state index < -0.39 is 0 Å². The molecule has 4 aromatic rings. The third-order valence-electron chi connectivity index (χ3n) is 4.02. The van der Waals surface area contributed by atoms with Crippen molar-refractivity contribution < 1.29 is 4.79 Å². The molecule has 1 N–H and O–H groups in total. The highest BCUT2D eigenvalue weighted by Crippen LogP contribution is 2.24. The average Bonchev–Trinajstić information content (AvgIpc) is 3.03. The summed E-state index contributed by atoms with van der Waals surface area (Å²) in [6.45, 7) is 0.154. The molecule has 6 heteroatoms. The molecule has 0 saturated carbocycles. The molecule has 0 atom stereocenters. The first-order chi connectivity index (χ1) is 12.7. The summed E-state index contributed by atoms with van der Waals surface area (Å²) >= 11 is 5.89. The molecule has 0 unspecified atom stereocenters. The van der Waals surface area contributed by atoms with Crippen LogP contribution in [0.25, 0.3) is 22.4 Å². The highest BCUT2D eigenvalue weighted by Gasteiger charge is 2.15. The van der Waals surface area contributed by atoms with Gasteiger partial charge in [0.05, 0.1) is 11.0 Å². The molecule has 0 bridgehead atoms. The van der Waals surface area contributed by atoms with Crippen molar-refractivity contribution in [3.63, 3.8) is 0 Å². The molecule has 128 valence electrons. The summed E-state index contributed by atoms with van der Waals surface area (Å²) in [6.07, 6.45) is 3.43. The lowest BCUT2D eigenvalue weighted by molar-refractivity contribution is -0.116. The number of carbonyl (C=O) groups excluding carboxylic acids is 1. The van der Waals surface area contributed by atoms with Crippen molar-refractivity contribution in [2.75, 3.05) is 5.32 Å². The molecule has 2 aromatic heterocycles. The third kappa shape index (κ3) is 3.30. The minimum absolute atomic E-state index is 0.134. The summed E-state index contributed by atoms with van der Waals surface area (Å²) in [5, 5.41) is 3.52. The number of para-hydroxylation sites is 2. The maximum absolute atomic E-state index is 12.6. The highest BCUT2D eigenvalue weighted by atomic mass is 35.5. The van der Waals surface area contributed by atoms with E-state index in [-0.39, 0.29) is 12.5 Å². The molecular weight excluding hydrogens is 348 g/mol. The molecule has 2 heterocycles. The Labute approximate surface area is 155 Å². The minimum Gasteiger partial charge on any atom is -0.325 e. The van der Waals surface area contributed by atoms with E-state index in [2.05, 4.69) is 10.3 Å². The normalized spacial score (nSPS) is 10.8. The number of carbonyl (C=O) groups is 1. The first kappa shape index (κ1) is 16.3. The molecule has 0 aliphatic heterocycles. The van der Waals surface area contributed by atoms with Gasteiger partial charge in [0, 0.05) is 28.7 Å². The Morgan fingerprint density at radius 2 is 1.73 bits per heavy atom. The van der Waals surface area contributed by atoms with E-state index in [0.717, 1.165) is 22.4 Å². The Kier molecular flexibility index (Phi) is 4.37. The van der Waals surface area contributed by atoms with Crippen LogP contribution >= 0.6 is 11.6 Å². The number of halogens is 1. The quantitative estimate of drug-likeness (QED) is 0.585. The fourth-order valence-corrected chi connectivity index (χ4v) is 2.96. The second-order valence-corrected chi connectivity index (χ2v) is 6.24. The predicted molar refractivity (Wildman–Crippen MR) is 103 cm³/mol. The first-order valence-electron chi connectivity index (χ1n) is 8.12. The molecule has 0 radical (unpaired) electrons. The van der Waals surface area contributed by atoms with Gasteiger partial charge in [-0.1, -0.05) is 23.7 Å². The summed E-state index contributed by atoms with van der Waals surface area (Å²) in [7, 11) is 0. The Morgan fingerprint density at radius 3 is 2.50 bits per heavy atom. The lowest BCUT2D eigenvalue weighted by atomic mass is 10.2. The van der Waals surface area contributed by atoms with Gasteiger partial charge in [-0.2, -0.15) is 0 Å². The van der Waals surface area contributed by atoms with E-state index in [4.69, 9.17) is 16.6 Å². The van der Waals surface area contributed by atoms with Gasteiger partial charge in [-0.15, -0.1) is 0 Å². The van der Waals surface area contributed by atoms with E-state index in [9.17, 15) is 4.79 Å². The maximum atomic E-state index is 12.6. The van der Waals surface area contributed by atoms with Crippen molar-refractivity contribution in [2.45, 2.75) is 6.54 Å². The van der Waals surface area contributed by atoms with Gasteiger partial charge in [-0.25, -0.2) is 4.98 Å². The highest BCUT2D eigenvalue weighted by molar-refractivity contribution is 6.30. The fourth-order valence-electron chi connectivity index (χ4n) is 2.83. The van der Waals surface area contributed by atoms with E-state index in [0.29, 0.717) is 10.7 Å².